The smallest absolute Gasteiger partial charge is 0.322 e. The fourth-order valence-electron chi connectivity index (χ4n) is 4.15. The van der Waals surface area contributed by atoms with Gasteiger partial charge in [-0.05, 0) is 52.1 Å². The standard InChI is InChI=1S/C30H36FN3O2S/c1-6-16-33(30(36)32-29-26(21(2)3)10-7-11-27(29)22(4)5)20-28(35)34(19-25-9-8-17-37-25)18-23-12-14-24(31)15-13-23/h6-15,17,21-22H,1,16,18-20H2,2-5H3,(H,32,36). The molecule has 0 aliphatic rings. The highest BCUT2D eigenvalue weighted by Crippen LogP contribution is 2.32. The molecule has 0 saturated heterocycles. The summed E-state index contributed by atoms with van der Waals surface area (Å²) >= 11 is 1.56. The van der Waals surface area contributed by atoms with E-state index in [1.165, 1.54) is 17.0 Å². The van der Waals surface area contributed by atoms with Crippen molar-refractivity contribution in [2.24, 2.45) is 0 Å². The Labute approximate surface area is 223 Å². The van der Waals surface area contributed by atoms with E-state index < -0.39 is 0 Å². The van der Waals surface area contributed by atoms with Crippen molar-refractivity contribution in [3.05, 3.63) is 100 Å². The molecule has 0 aliphatic heterocycles. The number of anilines is 1. The van der Waals surface area contributed by atoms with Gasteiger partial charge < -0.3 is 15.1 Å². The zero-order valence-electron chi connectivity index (χ0n) is 22.0. The quantitative estimate of drug-likeness (QED) is 0.268. The highest BCUT2D eigenvalue weighted by Gasteiger charge is 2.24. The number of carbonyl (C=O) groups excluding carboxylic acids is 2. The average molecular weight is 522 g/mol. The van der Waals surface area contributed by atoms with Gasteiger partial charge in [-0.25, -0.2) is 9.18 Å². The average Bonchev–Trinajstić information content (AvgIpc) is 3.37. The zero-order valence-corrected chi connectivity index (χ0v) is 22.9. The lowest BCUT2D eigenvalue weighted by atomic mass is 9.93. The molecule has 37 heavy (non-hydrogen) atoms. The minimum Gasteiger partial charge on any atom is -0.332 e. The molecule has 3 rings (SSSR count). The summed E-state index contributed by atoms with van der Waals surface area (Å²) in [5, 5.41) is 5.07. The molecule has 0 atom stereocenters. The van der Waals surface area contributed by atoms with Crippen LogP contribution >= 0.6 is 11.3 Å². The second-order valence-electron chi connectivity index (χ2n) is 9.68. The first-order valence-electron chi connectivity index (χ1n) is 12.5. The van der Waals surface area contributed by atoms with Crippen molar-refractivity contribution in [2.75, 3.05) is 18.4 Å². The highest BCUT2D eigenvalue weighted by atomic mass is 32.1. The van der Waals surface area contributed by atoms with Crippen LogP contribution < -0.4 is 5.32 Å². The predicted octanol–water partition coefficient (Wildman–Crippen LogP) is 7.38. The van der Waals surface area contributed by atoms with Crippen LogP contribution in [0.4, 0.5) is 14.9 Å². The molecule has 0 bridgehead atoms. The van der Waals surface area contributed by atoms with E-state index in [1.54, 1.807) is 34.4 Å². The summed E-state index contributed by atoms with van der Waals surface area (Å²) in [4.78, 5) is 31.2. The van der Waals surface area contributed by atoms with Crippen molar-refractivity contribution in [3.8, 4) is 0 Å². The lowest BCUT2D eigenvalue weighted by Gasteiger charge is -2.28. The Balaban J connectivity index is 1.83. The van der Waals surface area contributed by atoms with Crippen molar-refractivity contribution >= 4 is 29.0 Å². The van der Waals surface area contributed by atoms with Crippen LogP contribution in [-0.4, -0.2) is 34.8 Å². The Morgan fingerprint density at radius 2 is 1.59 bits per heavy atom. The van der Waals surface area contributed by atoms with Gasteiger partial charge in [0.1, 0.15) is 12.4 Å². The van der Waals surface area contributed by atoms with Crippen LogP contribution in [0.5, 0.6) is 0 Å². The fourth-order valence-corrected chi connectivity index (χ4v) is 4.87. The third-order valence-corrected chi connectivity index (χ3v) is 7.00. The van der Waals surface area contributed by atoms with E-state index in [9.17, 15) is 14.0 Å². The fraction of sp³-hybridized carbons (Fsp3) is 0.333. The number of halogens is 1. The molecule has 0 spiro atoms. The number of urea groups is 1. The molecular formula is C30H36FN3O2S. The van der Waals surface area contributed by atoms with Gasteiger partial charge in [0, 0.05) is 23.7 Å². The number of hydrogen-bond acceptors (Lipinski definition) is 3. The number of nitrogens with one attached hydrogen (secondary N) is 1. The maximum absolute atomic E-state index is 13.5. The van der Waals surface area contributed by atoms with E-state index in [1.807, 2.05) is 35.7 Å². The summed E-state index contributed by atoms with van der Waals surface area (Å²) in [5.41, 5.74) is 3.74. The van der Waals surface area contributed by atoms with E-state index in [-0.39, 0.29) is 42.7 Å². The van der Waals surface area contributed by atoms with Crippen LogP contribution in [0.1, 0.15) is 61.1 Å². The maximum atomic E-state index is 13.5. The number of carbonyl (C=O) groups is 2. The normalized spacial score (nSPS) is 11.0. The van der Waals surface area contributed by atoms with Crippen LogP contribution in [-0.2, 0) is 17.9 Å². The number of thiophene rings is 1. The Hall–Kier alpha value is -3.45. The SMILES string of the molecule is C=CCN(CC(=O)N(Cc1ccc(F)cc1)Cc1cccs1)C(=O)Nc1c(C(C)C)cccc1C(C)C. The van der Waals surface area contributed by atoms with Crippen LogP contribution in [0.15, 0.2) is 72.6 Å². The molecule has 0 unspecified atom stereocenters. The Morgan fingerprint density at radius 3 is 2.14 bits per heavy atom. The number of amides is 3. The number of benzene rings is 2. The Kier molecular flexibility index (Phi) is 10.0. The highest BCUT2D eigenvalue weighted by molar-refractivity contribution is 7.09. The second-order valence-corrected chi connectivity index (χ2v) is 10.7. The van der Waals surface area contributed by atoms with Gasteiger partial charge in [0.05, 0.1) is 6.54 Å². The zero-order chi connectivity index (χ0) is 26.9. The summed E-state index contributed by atoms with van der Waals surface area (Å²) in [6, 6.07) is 15.8. The molecular weight excluding hydrogens is 485 g/mol. The lowest BCUT2D eigenvalue weighted by molar-refractivity contribution is -0.132. The summed E-state index contributed by atoms with van der Waals surface area (Å²) < 4.78 is 13.4. The third-order valence-electron chi connectivity index (χ3n) is 6.13. The lowest BCUT2D eigenvalue weighted by Crippen LogP contribution is -2.44. The van der Waals surface area contributed by atoms with Gasteiger partial charge >= 0.3 is 6.03 Å². The first-order chi connectivity index (χ1) is 17.7. The van der Waals surface area contributed by atoms with E-state index in [2.05, 4.69) is 39.6 Å². The van der Waals surface area contributed by atoms with Gasteiger partial charge in [-0.2, -0.15) is 0 Å². The Morgan fingerprint density at radius 1 is 0.946 bits per heavy atom. The molecule has 0 aliphatic carbocycles. The van der Waals surface area contributed by atoms with Crippen molar-refractivity contribution in [2.45, 2.75) is 52.6 Å². The van der Waals surface area contributed by atoms with Gasteiger partial charge in [0.2, 0.25) is 5.91 Å². The van der Waals surface area contributed by atoms with Gasteiger partial charge in [-0.1, -0.05) is 70.2 Å². The van der Waals surface area contributed by atoms with Gasteiger partial charge in [0.15, 0.2) is 0 Å². The third kappa shape index (κ3) is 7.76. The summed E-state index contributed by atoms with van der Waals surface area (Å²) in [6.07, 6.45) is 1.62. The van der Waals surface area contributed by atoms with Crippen molar-refractivity contribution in [1.82, 2.24) is 9.80 Å². The van der Waals surface area contributed by atoms with Crippen molar-refractivity contribution in [3.63, 3.8) is 0 Å². The van der Waals surface area contributed by atoms with Gasteiger partial charge in [-0.15, -0.1) is 17.9 Å². The molecule has 1 aromatic heterocycles. The van der Waals surface area contributed by atoms with E-state index in [0.717, 1.165) is 27.3 Å². The Bertz CT molecular complexity index is 1160. The molecule has 1 heterocycles. The number of nitrogens with zero attached hydrogens (tertiary/aromatic N) is 2. The number of para-hydroxylation sites is 1. The van der Waals surface area contributed by atoms with E-state index in [4.69, 9.17) is 0 Å². The second kappa shape index (κ2) is 13.2. The predicted molar refractivity (Wildman–Crippen MR) is 150 cm³/mol. The monoisotopic (exact) mass is 521 g/mol. The first-order valence-corrected chi connectivity index (χ1v) is 13.4. The molecule has 3 aromatic rings. The number of hydrogen-bond donors (Lipinski definition) is 1. The molecule has 0 saturated carbocycles. The van der Waals surface area contributed by atoms with E-state index in [0.29, 0.717) is 13.1 Å². The molecule has 0 radical (unpaired) electrons. The van der Waals surface area contributed by atoms with Crippen LogP contribution in [0.2, 0.25) is 0 Å². The number of rotatable bonds is 11. The van der Waals surface area contributed by atoms with Gasteiger partial charge in [0.25, 0.3) is 0 Å². The molecule has 2 aromatic carbocycles. The minimum absolute atomic E-state index is 0.106. The molecule has 196 valence electrons. The molecule has 5 nitrogen and oxygen atoms in total. The summed E-state index contributed by atoms with van der Waals surface area (Å²) in [5.74, 6) is -0.0759. The van der Waals surface area contributed by atoms with Crippen LogP contribution in [0, 0.1) is 5.82 Å². The largest absolute Gasteiger partial charge is 0.332 e. The van der Waals surface area contributed by atoms with Crippen molar-refractivity contribution < 1.29 is 14.0 Å². The molecule has 0 fully saturated rings. The topological polar surface area (TPSA) is 52.7 Å². The molecule has 7 heteroatoms. The first kappa shape index (κ1) is 28.1. The molecule has 3 amide bonds. The molecule has 1 N–H and O–H groups in total. The van der Waals surface area contributed by atoms with Crippen LogP contribution in [0.25, 0.3) is 0 Å². The van der Waals surface area contributed by atoms with E-state index >= 15 is 0 Å². The van der Waals surface area contributed by atoms with Crippen molar-refractivity contribution in [1.29, 1.82) is 0 Å². The van der Waals surface area contributed by atoms with Gasteiger partial charge in [-0.3, -0.25) is 4.79 Å². The summed E-state index contributed by atoms with van der Waals surface area (Å²) in [7, 11) is 0. The summed E-state index contributed by atoms with van der Waals surface area (Å²) in [6.45, 7) is 13.0. The minimum atomic E-state index is -0.346. The maximum Gasteiger partial charge on any atom is 0.322 e. The van der Waals surface area contributed by atoms with Crippen LogP contribution in [0.3, 0.4) is 0 Å².